The van der Waals surface area contributed by atoms with Gasteiger partial charge in [0.05, 0.1) is 15.8 Å². The highest BCUT2D eigenvalue weighted by molar-refractivity contribution is 7.21. The maximum absolute atomic E-state index is 15.2. The van der Waals surface area contributed by atoms with Crippen molar-refractivity contribution in [3.8, 4) is 33.0 Å². The third-order valence-corrected chi connectivity index (χ3v) is 7.95. The van der Waals surface area contributed by atoms with Gasteiger partial charge in [0.1, 0.15) is 41.6 Å². The van der Waals surface area contributed by atoms with Crippen LogP contribution in [0.3, 0.4) is 0 Å². The molecule has 4 aromatic carbocycles. The summed E-state index contributed by atoms with van der Waals surface area (Å²) in [7, 11) is 5.37. The Labute approximate surface area is 270 Å². The predicted octanol–water partition coefficient (Wildman–Crippen LogP) is 8.71. The number of thiazole rings is 1. The zero-order valence-corrected chi connectivity index (χ0v) is 27.4. The molecule has 0 atom stereocenters. The third kappa shape index (κ3) is 7.02. The molecule has 0 radical (unpaired) electrons. The fourth-order valence-corrected chi connectivity index (χ4v) is 5.97. The molecule has 6 rings (SSSR count). The Bertz CT molecular complexity index is 1960. The lowest BCUT2D eigenvalue weighted by Gasteiger charge is -2.18. The van der Waals surface area contributed by atoms with Crippen molar-refractivity contribution in [3.05, 3.63) is 95.6 Å². The van der Waals surface area contributed by atoms with Gasteiger partial charge < -0.3 is 24.2 Å². The monoisotopic (exact) mass is 643 g/mol. The summed E-state index contributed by atoms with van der Waals surface area (Å²) < 4.78 is 36.0. The van der Waals surface area contributed by atoms with Crippen molar-refractivity contribution in [1.82, 2.24) is 10.3 Å². The third-order valence-electron chi connectivity index (χ3n) is 6.90. The van der Waals surface area contributed by atoms with Crippen LogP contribution < -0.4 is 10.2 Å². The Morgan fingerprint density at radius 3 is 2.15 bits per heavy atom. The molecular weight excluding hydrogens is 608 g/mol. The average molecular weight is 644 g/mol. The summed E-state index contributed by atoms with van der Waals surface area (Å²) in [6, 6.07) is 20.6. The Kier molecular flexibility index (Phi) is 12.0. The molecule has 0 unspecified atom stereocenters. The number of aromatic nitrogens is 1. The highest BCUT2D eigenvalue weighted by Gasteiger charge is 2.24. The van der Waals surface area contributed by atoms with Crippen LogP contribution in [-0.4, -0.2) is 45.6 Å². The van der Waals surface area contributed by atoms with Crippen molar-refractivity contribution in [3.63, 3.8) is 0 Å². The molecular formula is C36H35F2N3O4S. The van der Waals surface area contributed by atoms with Crippen molar-refractivity contribution >= 4 is 57.7 Å². The minimum absolute atomic E-state index is 0.328. The summed E-state index contributed by atoms with van der Waals surface area (Å²) >= 11 is 1.45. The minimum Gasteiger partial charge on any atom is -0.455 e. The number of carbonyl (C=O) groups excluding carboxylic acids is 3. The molecule has 0 spiro atoms. The number of fused-ring (bicyclic) bond motifs is 2. The number of nitrogens with one attached hydrogen (secondary N) is 1. The lowest BCUT2D eigenvalue weighted by atomic mass is 9.97. The van der Waals surface area contributed by atoms with Gasteiger partial charge in [-0.15, -0.1) is 11.3 Å². The molecule has 0 saturated heterocycles. The summed E-state index contributed by atoms with van der Waals surface area (Å²) in [5, 5.41) is 3.89. The van der Waals surface area contributed by atoms with Gasteiger partial charge in [0, 0.05) is 55.0 Å². The number of amides is 1. The van der Waals surface area contributed by atoms with Crippen LogP contribution in [0.1, 0.15) is 29.8 Å². The summed E-state index contributed by atoms with van der Waals surface area (Å²) in [4.78, 5) is 35.7. The van der Waals surface area contributed by atoms with Crippen LogP contribution in [0.4, 0.5) is 14.5 Å². The van der Waals surface area contributed by atoms with Gasteiger partial charge in [-0.2, -0.15) is 0 Å². The van der Waals surface area contributed by atoms with E-state index in [9.17, 15) is 9.18 Å². The molecule has 10 heteroatoms. The maximum Gasteiger partial charge on any atom is 0.255 e. The molecule has 0 aliphatic carbocycles. The van der Waals surface area contributed by atoms with Crippen molar-refractivity contribution in [1.29, 1.82) is 0 Å². The van der Waals surface area contributed by atoms with Crippen LogP contribution in [0, 0.1) is 18.6 Å². The topological polar surface area (TPSA) is 92.5 Å². The minimum atomic E-state index is -0.381. The molecule has 238 valence electrons. The van der Waals surface area contributed by atoms with E-state index in [2.05, 4.69) is 5.32 Å². The first kappa shape index (κ1) is 35.3. The van der Waals surface area contributed by atoms with E-state index in [1.54, 1.807) is 31.3 Å². The molecule has 0 saturated carbocycles. The van der Waals surface area contributed by atoms with E-state index in [1.807, 2.05) is 83.7 Å². The zero-order chi connectivity index (χ0) is 34.1. The Morgan fingerprint density at radius 2 is 1.52 bits per heavy atom. The first-order valence-electron chi connectivity index (χ1n) is 14.2. The molecule has 0 aliphatic rings. The molecule has 7 nitrogen and oxygen atoms in total. The lowest BCUT2D eigenvalue weighted by molar-refractivity contribution is -0.0987. The van der Waals surface area contributed by atoms with E-state index >= 15 is 4.39 Å². The average Bonchev–Trinajstić information content (AvgIpc) is 3.68. The molecule has 0 bridgehead atoms. The second-order valence-corrected chi connectivity index (χ2v) is 10.9. The zero-order valence-electron chi connectivity index (χ0n) is 26.5. The van der Waals surface area contributed by atoms with Gasteiger partial charge in [-0.25, -0.2) is 13.8 Å². The van der Waals surface area contributed by atoms with Crippen LogP contribution >= 0.6 is 11.3 Å². The van der Waals surface area contributed by atoms with E-state index in [-0.39, 0.29) is 17.5 Å². The van der Waals surface area contributed by atoms with Crippen LogP contribution in [0.2, 0.25) is 0 Å². The maximum atomic E-state index is 15.2. The van der Waals surface area contributed by atoms with E-state index in [0.29, 0.717) is 38.4 Å². The highest BCUT2D eigenvalue weighted by Crippen LogP contribution is 2.42. The molecule has 0 fully saturated rings. The number of aryl methyl sites for hydroxylation is 1. The van der Waals surface area contributed by atoms with E-state index in [1.165, 1.54) is 29.5 Å². The fourth-order valence-electron chi connectivity index (χ4n) is 4.89. The Morgan fingerprint density at radius 1 is 0.870 bits per heavy atom. The van der Waals surface area contributed by atoms with Crippen LogP contribution in [0.5, 0.6) is 0 Å². The van der Waals surface area contributed by atoms with Gasteiger partial charge in [0.25, 0.3) is 5.91 Å². The summed E-state index contributed by atoms with van der Waals surface area (Å²) in [5.41, 5.74) is 6.19. The van der Waals surface area contributed by atoms with Crippen molar-refractivity contribution in [2.24, 2.45) is 0 Å². The molecule has 6 aromatic rings. The van der Waals surface area contributed by atoms with Crippen LogP contribution in [0.15, 0.2) is 77.2 Å². The lowest BCUT2D eigenvalue weighted by Crippen LogP contribution is -2.18. The largest absolute Gasteiger partial charge is 0.455 e. The number of benzene rings is 4. The number of nitrogens with zero attached hydrogens (tertiary/aromatic N) is 2. The molecule has 2 heterocycles. The molecule has 1 amide bonds. The fraction of sp³-hybridized carbons (Fsp3) is 0.167. The summed E-state index contributed by atoms with van der Waals surface area (Å²) in [6.45, 7) is 10.0. The SMILES string of the molecule is C=O.C=O.CC.CNC(=O)c1c(-c2ccc(F)cc2)oc2cc(N(C)C)c(-c3ccc(F)c(-c4nc5ccc(C)cc5s4)c3)cc12. The van der Waals surface area contributed by atoms with Gasteiger partial charge >= 0.3 is 0 Å². The number of rotatable bonds is 5. The quantitative estimate of drug-likeness (QED) is 0.202. The van der Waals surface area contributed by atoms with Crippen molar-refractivity contribution in [2.75, 3.05) is 26.0 Å². The van der Waals surface area contributed by atoms with Crippen molar-refractivity contribution < 1.29 is 27.6 Å². The van der Waals surface area contributed by atoms with E-state index < -0.39 is 0 Å². The Balaban J connectivity index is 0.000000908. The molecule has 2 aromatic heterocycles. The first-order valence-corrected chi connectivity index (χ1v) is 15.1. The number of anilines is 1. The van der Waals surface area contributed by atoms with Crippen molar-refractivity contribution in [2.45, 2.75) is 20.8 Å². The van der Waals surface area contributed by atoms with Gasteiger partial charge in [-0.3, -0.25) is 4.79 Å². The number of furan rings is 1. The molecule has 46 heavy (non-hydrogen) atoms. The van der Waals surface area contributed by atoms with Gasteiger partial charge in [0.15, 0.2) is 0 Å². The normalized spacial score (nSPS) is 10.2. The smallest absolute Gasteiger partial charge is 0.255 e. The van der Waals surface area contributed by atoms with Crippen LogP contribution in [-0.2, 0) is 9.59 Å². The summed E-state index contributed by atoms with van der Waals surface area (Å²) in [6.07, 6.45) is 0. The second-order valence-electron chi connectivity index (χ2n) is 9.84. The predicted molar refractivity (Wildman–Crippen MR) is 184 cm³/mol. The molecule has 0 aliphatic heterocycles. The Hall–Kier alpha value is -5.22. The number of carbonyl (C=O) groups is 3. The molecule has 1 N–H and O–H groups in total. The van der Waals surface area contributed by atoms with Gasteiger partial charge in [0.2, 0.25) is 0 Å². The second kappa shape index (κ2) is 15.7. The number of hydrogen-bond acceptors (Lipinski definition) is 7. The number of hydrogen-bond donors (Lipinski definition) is 1. The summed E-state index contributed by atoms with van der Waals surface area (Å²) in [5.74, 6) is -0.721. The van der Waals surface area contributed by atoms with Gasteiger partial charge in [-0.1, -0.05) is 26.0 Å². The van der Waals surface area contributed by atoms with Crippen LogP contribution in [0.25, 0.3) is 54.2 Å². The van der Waals surface area contributed by atoms with E-state index in [4.69, 9.17) is 19.0 Å². The van der Waals surface area contributed by atoms with Gasteiger partial charge in [-0.05, 0) is 72.6 Å². The first-order chi connectivity index (χ1) is 22.2. The standard InChI is InChI=1S/C32H25F2N3O2S.C2H6.2CH2O/c1-17-5-12-25-28(13-17)40-32(36-25)22-14-19(8-11-24(22)34)21-15-23-27(16-26(21)37(3)4)39-30(29(23)31(38)35-2)18-6-9-20(33)10-7-18;3*1-2/h5-16H,1-4H3,(H,35,38);1-2H3;2*1H2. The highest BCUT2D eigenvalue weighted by atomic mass is 32.1. The van der Waals surface area contributed by atoms with E-state index in [0.717, 1.165) is 32.6 Å². The number of halogens is 2.